The lowest BCUT2D eigenvalue weighted by Crippen LogP contribution is -2.36. The van der Waals surface area contributed by atoms with Gasteiger partial charge in [-0.25, -0.2) is 4.98 Å². The molecule has 2 heterocycles. The number of ether oxygens (including phenoxy) is 2. The zero-order valence-corrected chi connectivity index (χ0v) is 22.3. The summed E-state index contributed by atoms with van der Waals surface area (Å²) in [6.45, 7) is 8.28. The Hall–Kier alpha value is -3.65. The van der Waals surface area contributed by atoms with Crippen LogP contribution in [0.15, 0.2) is 47.5 Å². The van der Waals surface area contributed by atoms with Crippen molar-refractivity contribution in [1.29, 1.82) is 0 Å². The number of methoxy groups -OCH3 is 2. The molecule has 0 aliphatic heterocycles. The molecule has 0 bridgehead atoms. The van der Waals surface area contributed by atoms with Crippen LogP contribution in [0.4, 0.5) is 0 Å². The van der Waals surface area contributed by atoms with Crippen LogP contribution >= 0.6 is 11.3 Å². The summed E-state index contributed by atoms with van der Waals surface area (Å²) in [6, 6.07) is 11.2. The molecule has 0 spiro atoms. The Labute approximate surface area is 214 Å². The smallest absolute Gasteiger partial charge is 0.263 e. The number of fused-ring (bicyclic) bond motifs is 1. The third-order valence-electron chi connectivity index (χ3n) is 6.57. The molecule has 0 fully saturated rings. The summed E-state index contributed by atoms with van der Waals surface area (Å²) in [5.41, 5.74) is 5.05. The third kappa shape index (κ3) is 4.86. The Morgan fingerprint density at radius 2 is 1.81 bits per heavy atom. The Morgan fingerprint density at radius 1 is 1.06 bits per heavy atom. The van der Waals surface area contributed by atoms with Gasteiger partial charge in [-0.05, 0) is 68.5 Å². The van der Waals surface area contributed by atoms with Gasteiger partial charge >= 0.3 is 0 Å². The predicted octanol–water partition coefficient (Wildman–Crippen LogP) is 4.99. The van der Waals surface area contributed by atoms with E-state index in [9.17, 15) is 9.59 Å². The van der Waals surface area contributed by atoms with Gasteiger partial charge in [0.05, 0.1) is 25.9 Å². The Kier molecular flexibility index (Phi) is 7.45. The minimum absolute atomic E-state index is 0.208. The van der Waals surface area contributed by atoms with E-state index >= 15 is 0 Å². The van der Waals surface area contributed by atoms with Gasteiger partial charge in [0.1, 0.15) is 10.9 Å². The number of amides is 1. The molecule has 0 saturated heterocycles. The van der Waals surface area contributed by atoms with Crippen molar-refractivity contribution in [2.24, 2.45) is 0 Å². The quantitative estimate of drug-likeness (QED) is 0.365. The van der Waals surface area contributed by atoms with Crippen molar-refractivity contribution in [2.45, 2.75) is 40.2 Å². The van der Waals surface area contributed by atoms with Crippen molar-refractivity contribution < 1.29 is 14.3 Å². The first-order valence-corrected chi connectivity index (χ1v) is 12.6. The van der Waals surface area contributed by atoms with E-state index in [0.717, 1.165) is 27.1 Å². The third-order valence-corrected chi connectivity index (χ3v) is 7.58. The molecule has 4 aromatic rings. The number of thiophene rings is 1. The zero-order valence-electron chi connectivity index (χ0n) is 21.5. The van der Waals surface area contributed by atoms with Crippen molar-refractivity contribution >= 4 is 27.5 Å². The van der Waals surface area contributed by atoms with Crippen molar-refractivity contribution in [3.63, 3.8) is 0 Å². The number of nitrogens with zero attached hydrogens (tertiary/aromatic N) is 2. The molecule has 0 radical (unpaired) electrons. The Bertz CT molecular complexity index is 1490. The number of nitrogens with one attached hydrogen (secondary N) is 1. The van der Waals surface area contributed by atoms with Gasteiger partial charge in [-0.15, -0.1) is 11.3 Å². The summed E-state index contributed by atoms with van der Waals surface area (Å²) in [7, 11) is 3.18. The van der Waals surface area contributed by atoms with Crippen LogP contribution in [0.5, 0.6) is 11.5 Å². The van der Waals surface area contributed by atoms with Crippen LogP contribution in [0.25, 0.3) is 21.3 Å². The van der Waals surface area contributed by atoms with E-state index in [1.807, 2.05) is 31.2 Å². The van der Waals surface area contributed by atoms with Crippen molar-refractivity contribution in [3.8, 4) is 22.6 Å². The van der Waals surface area contributed by atoms with Gasteiger partial charge in [0.2, 0.25) is 5.91 Å². The molecule has 0 aliphatic carbocycles. The summed E-state index contributed by atoms with van der Waals surface area (Å²) < 4.78 is 12.0. The molecule has 2 aromatic heterocycles. The van der Waals surface area contributed by atoms with Crippen molar-refractivity contribution in [3.05, 3.63) is 74.6 Å². The van der Waals surface area contributed by atoms with E-state index in [-0.39, 0.29) is 11.5 Å². The highest BCUT2D eigenvalue weighted by atomic mass is 32.1. The van der Waals surface area contributed by atoms with E-state index in [4.69, 9.17) is 9.47 Å². The first kappa shape index (κ1) is 25.4. The average molecular weight is 506 g/mol. The second-order valence-corrected chi connectivity index (χ2v) is 10.1. The normalized spacial score (nSPS) is 11.9. The first-order chi connectivity index (χ1) is 17.2. The standard InChI is InChI=1S/C28H31N3O4S/c1-16-7-9-21(13-17(16)2)24-19(4)36-27-25(24)28(33)31(15-30-27)18(3)26(32)29-12-11-20-8-10-22(34-5)23(14-20)35-6/h7-10,13-15,18H,11-12H2,1-6H3,(H,29,32). The molecule has 0 aliphatic rings. The number of carbonyl (C=O) groups excluding carboxylic acids is 1. The molecule has 8 heteroatoms. The fourth-order valence-corrected chi connectivity index (χ4v) is 5.28. The molecular weight excluding hydrogens is 474 g/mol. The number of benzene rings is 2. The molecule has 36 heavy (non-hydrogen) atoms. The number of hydrogen-bond acceptors (Lipinski definition) is 6. The van der Waals surface area contributed by atoms with E-state index in [2.05, 4.69) is 36.3 Å². The molecule has 1 unspecified atom stereocenters. The molecule has 1 N–H and O–H groups in total. The number of rotatable bonds is 8. The monoisotopic (exact) mass is 505 g/mol. The number of aromatic nitrogens is 2. The first-order valence-electron chi connectivity index (χ1n) is 11.8. The minimum Gasteiger partial charge on any atom is -0.493 e. The van der Waals surface area contributed by atoms with Crippen LogP contribution < -0.4 is 20.3 Å². The highest BCUT2D eigenvalue weighted by Crippen LogP contribution is 2.36. The maximum Gasteiger partial charge on any atom is 0.263 e. The Morgan fingerprint density at radius 3 is 2.50 bits per heavy atom. The van der Waals surface area contributed by atoms with Crippen LogP contribution in [-0.2, 0) is 11.2 Å². The van der Waals surface area contributed by atoms with Crippen LogP contribution in [-0.4, -0.2) is 36.2 Å². The van der Waals surface area contributed by atoms with E-state index in [1.54, 1.807) is 21.1 Å². The lowest BCUT2D eigenvalue weighted by atomic mass is 9.99. The summed E-state index contributed by atoms with van der Waals surface area (Å²) in [6.07, 6.45) is 2.09. The van der Waals surface area contributed by atoms with Crippen LogP contribution in [0.1, 0.15) is 34.5 Å². The van der Waals surface area contributed by atoms with Crippen LogP contribution in [0.2, 0.25) is 0 Å². The van der Waals surface area contributed by atoms with Gasteiger partial charge in [-0.1, -0.05) is 24.3 Å². The number of aryl methyl sites for hydroxylation is 3. The van der Waals surface area contributed by atoms with Gasteiger partial charge in [-0.2, -0.15) is 0 Å². The van der Waals surface area contributed by atoms with Crippen LogP contribution in [0, 0.1) is 20.8 Å². The highest BCUT2D eigenvalue weighted by molar-refractivity contribution is 7.19. The number of hydrogen-bond donors (Lipinski definition) is 1. The fourth-order valence-electron chi connectivity index (χ4n) is 4.28. The molecule has 188 valence electrons. The van der Waals surface area contributed by atoms with Crippen molar-refractivity contribution in [1.82, 2.24) is 14.9 Å². The van der Waals surface area contributed by atoms with Gasteiger partial charge in [0.25, 0.3) is 5.56 Å². The SMILES string of the molecule is COc1ccc(CCNC(=O)C(C)n2cnc3sc(C)c(-c4ccc(C)c(C)c4)c3c2=O)cc1OC. The van der Waals surface area contributed by atoms with Crippen LogP contribution in [0.3, 0.4) is 0 Å². The van der Waals surface area contributed by atoms with Gasteiger partial charge in [-0.3, -0.25) is 14.2 Å². The van der Waals surface area contributed by atoms with Crippen molar-refractivity contribution in [2.75, 3.05) is 20.8 Å². The average Bonchev–Trinajstić information content (AvgIpc) is 3.22. The maximum atomic E-state index is 13.6. The maximum absolute atomic E-state index is 13.6. The van der Waals surface area contributed by atoms with E-state index in [1.165, 1.54) is 27.8 Å². The largest absolute Gasteiger partial charge is 0.493 e. The second-order valence-electron chi connectivity index (χ2n) is 8.88. The topological polar surface area (TPSA) is 82.5 Å². The molecule has 2 aromatic carbocycles. The van der Waals surface area contributed by atoms with Gasteiger partial charge in [0.15, 0.2) is 11.5 Å². The molecule has 1 amide bonds. The zero-order chi connectivity index (χ0) is 26.0. The van der Waals surface area contributed by atoms with E-state index < -0.39 is 6.04 Å². The predicted molar refractivity (Wildman–Crippen MR) is 144 cm³/mol. The number of carbonyl (C=O) groups is 1. The lowest BCUT2D eigenvalue weighted by Gasteiger charge is -2.15. The summed E-state index contributed by atoms with van der Waals surface area (Å²) in [5, 5.41) is 3.50. The molecule has 1 atom stereocenters. The molecule has 7 nitrogen and oxygen atoms in total. The molecular formula is C28H31N3O4S. The summed E-state index contributed by atoms with van der Waals surface area (Å²) in [5.74, 6) is 1.06. The molecule has 4 rings (SSSR count). The summed E-state index contributed by atoms with van der Waals surface area (Å²) in [4.78, 5) is 32.8. The second kappa shape index (κ2) is 10.5. The highest BCUT2D eigenvalue weighted by Gasteiger charge is 2.22. The fraction of sp³-hybridized carbons (Fsp3) is 0.321. The van der Waals surface area contributed by atoms with Gasteiger partial charge in [0, 0.05) is 17.0 Å². The van der Waals surface area contributed by atoms with Gasteiger partial charge < -0.3 is 14.8 Å². The molecule has 0 saturated carbocycles. The van der Waals surface area contributed by atoms with E-state index in [0.29, 0.717) is 34.7 Å². The summed E-state index contributed by atoms with van der Waals surface area (Å²) >= 11 is 1.50. The minimum atomic E-state index is -0.701. The Balaban J connectivity index is 1.55. The lowest BCUT2D eigenvalue weighted by molar-refractivity contribution is -0.123.